The van der Waals surface area contributed by atoms with Gasteiger partial charge in [0.15, 0.2) is 0 Å². The van der Waals surface area contributed by atoms with Gasteiger partial charge in [0.25, 0.3) is 0 Å². The average Bonchev–Trinajstić information content (AvgIpc) is 3.29. The number of rotatable bonds is 52. The highest BCUT2D eigenvalue weighted by molar-refractivity contribution is 7.47. The first kappa shape index (κ1) is 65.2. The van der Waals surface area contributed by atoms with Crippen LogP contribution in [0.3, 0.4) is 0 Å². The first-order valence-corrected chi connectivity index (χ1v) is 29.5. The number of carbonyl (C=O) groups excluding carboxylic acids is 1. The topological polar surface area (TPSA) is 91.3 Å². The minimum atomic E-state index is -4.29. The number of phosphoric acid groups is 1. The summed E-state index contributed by atoms with van der Waals surface area (Å²) in [4.78, 5) is 23.1. The SMILES string of the molecule is CC/C=C\C/C=C\C/C=C\C/C=C\CCCCCCCCCCCCC(=O)OC(COCCCCCCCCCCCC/C=C\CCCCCCCCCC)COP(=O)(O)OCC[N+](C)(C)C. The van der Waals surface area contributed by atoms with Crippen molar-refractivity contribution in [1.29, 1.82) is 0 Å². The van der Waals surface area contributed by atoms with Crippen LogP contribution in [-0.4, -0.2) is 75.6 Å². The van der Waals surface area contributed by atoms with Crippen LogP contribution in [-0.2, 0) is 27.9 Å². The molecule has 0 aromatic heterocycles. The smallest absolute Gasteiger partial charge is 0.457 e. The number of esters is 1. The summed E-state index contributed by atoms with van der Waals surface area (Å²) in [5.41, 5.74) is 0. The quantitative estimate of drug-likeness (QED) is 0.0213. The number of carbonyl (C=O) groups is 1. The lowest BCUT2D eigenvalue weighted by Gasteiger charge is -2.24. The van der Waals surface area contributed by atoms with Gasteiger partial charge in [-0.2, -0.15) is 0 Å². The Hall–Kier alpha value is -1.80. The number of hydrogen-bond acceptors (Lipinski definition) is 6. The molecule has 0 aliphatic rings. The predicted octanol–water partition coefficient (Wildman–Crippen LogP) is 17.6. The first-order valence-electron chi connectivity index (χ1n) is 28.0. The minimum absolute atomic E-state index is 0.0861. The Morgan fingerprint density at radius 1 is 0.478 bits per heavy atom. The number of likely N-dealkylation sites (N-methyl/N-ethyl adjacent to an activating group) is 1. The van der Waals surface area contributed by atoms with Crippen LogP contribution in [0.25, 0.3) is 0 Å². The molecule has 0 saturated heterocycles. The molecule has 1 N–H and O–H groups in total. The zero-order valence-electron chi connectivity index (χ0n) is 44.6. The molecule has 9 heteroatoms. The maximum absolute atomic E-state index is 12.8. The van der Waals surface area contributed by atoms with Crippen molar-refractivity contribution >= 4 is 13.8 Å². The molecule has 0 aromatic carbocycles. The molecular formula is C58H109NO7P+. The molecule has 392 valence electrons. The lowest BCUT2D eigenvalue weighted by atomic mass is 10.0. The number of quaternary nitrogens is 1. The summed E-state index contributed by atoms with van der Waals surface area (Å²) < 4.78 is 35.2. The van der Waals surface area contributed by atoms with E-state index in [4.69, 9.17) is 18.5 Å². The van der Waals surface area contributed by atoms with E-state index in [1.165, 1.54) is 167 Å². The maximum Gasteiger partial charge on any atom is 0.472 e. The van der Waals surface area contributed by atoms with Crippen LogP contribution in [0, 0.1) is 0 Å². The Morgan fingerprint density at radius 2 is 0.866 bits per heavy atom. The third kappa shape index (κ3) is 55.0. The molecule has 0 fully saturated rings. The normalized spacial score (nSPS) is 13.9. The van der Waals surface area contributed by atoms with E-state index in [0.717, 1.165) is 57.8 Å². The summed E-state index contributed by atoms with van der Waals surface area (Å²) in [5.74, 6) is -0.317. The number of unbranched alkanes of at least 4 members (excludes halogenated alkanes) is 28. The van der Waals surface area contributed by atoms with Crippen LogP contribution in [0.1, 0.15) is 245 Å². The van der Waals surface area contributed by atoms with E-state index in [2.05, 4.69) is 74.6 Å². The largest absolute Gasteiger partial charge is 0.472 e. The minimum Gasteiger partial charge on any atom is -0.457 e. The molecule has 0 aliphatic heterocycles. The second kappa shape index (κ2) is 50.6. The Morgan fingerprint density at radius 3 is 1.31 bits per heavy atom. The maximum atomic E-state index is 12.8. The zero-order valence-corrected chi connectivity index (χ0v) is 45.5. The second-order valence-corrected chi connectivity index (χ2v) is 21.4. The average molecular weight is 963 g/mol. The molecule has 0 aliphatic carbocycles. The van der Waals surface area contributed by atoms with Gasteiger partial charge in [0.1, 0.15) is 19.3 Å². The molecule has 0 amide bonds. The van der Waals surface area contributed by atoms with Crippen molar-refractivity contribution in [2.75, 3.05) is 54.1 Å². The fraction of sp³-hybridized carbons (Fsp3) is 0.810. The van der Waals surface area contributed by atoms with E-state index in [1.54, 1.807) is 0 Å². The predicted molar refractivity (Wildman–Crippen MR) is 289 cm³/mol. The molecule has 0 saturated carbocycles. The first-order chi connectivity index (χ1) is 32.6. The van der Waals surface area contributed by atoms with E-state index in [0.29, 0.717) is 24.1 Å². The highest BCUT2D eigenvalue weighted by Gasteiger charge is 2.26. The van der Waals surface area contributed by atoms with Crippen LogP contribution >= 0.6 is 7.82 Å². The number of allylic oxidation sites excluding steroid dienone is 10. The van der Waals surface area contributed by atoms with Gasteiger partial charge in [-0.15, -0.1) is 0 Å². The number of nitrogens with zero attached hydrogens (tertiary/aromatic N) is 1. The summed E-state index contributed by atoms with van der Waals surface area (Å²) in [5, 5.41) is 0. The Labute approximate surface area is 415 Å². The van der Waals surface area contributed by atoms with Crippen molar-refractivity contribution in [3.63, 3.8) is 0 Å². The van der Waals surface area contributed by atoms with Crippen molar-refractivity contribution in [3.05, 3.63) is 60.8 Å². The summed E-state index contributed by atoms with van der Waals surface area (Å²) in [7, 11) is 1.67. The third-order valence-corrected chi connectivity index (χ3v) is 13.0. The molecule has 0 bridgehead atoms. The monoisotopic (exact) mass is 963 g/mol. The molecule has 8 nitrogen and oxygen atoms in total. The van der Waals surface area contributed by atoms with E-state index in [1.807, 2.05) is 21.1 Å². The molecule has 0 spiro atoms. The standard InChI is InChI=1S/C58H108NO7P/c1-6-8-10-12-14-16-18-20-22-24-26-28-30-31-33-35-37-39-41-43-45-47-49-51-58(60)66-57(56-65-67(61,62)64-54-52-59(3,4)5)55-63-53-50-48-46-44-42-40-38-36-34-32-29-27-25-23-21-19-17-15-13-11-9-7-2/h8,10,14,16,20,22,25-28,57H,6-7,9,11-13,15,17-19,21,23-24,29-56H2,1-5H3/p+1/b10-8-,16-14-,22-20-,27-25-,28-26-. The Kier molecular flexibility index (Phi) is 49.2. The van der Waals surface area contributed by atoms with E-state index in [-0.39, 0.29) is 25.8 Å². The molecular weight excluding hydrogens is 854 g/mol. The molecule has 2 unspecified atom stereocenters. The van der Waals surface area contributed by atoms with Gasteiger partial charge in [0.05, 0.1) is 34.4 Å². The zero-order chi connectivity index (χ0) is 49.0. The summed E-state index contributed by atoms with van der Waals surface area (Å²) in [6.45, 7) is 5.53. The lowest BCUT2D eigenvalue weighted by molar-refractivity contribution is -0.870. The van der Waals surface area contributed by atoms with Gasteiger partial charge in [-0.3, -0.25) is 13.8 Å². The van der Waals surface area contributed by atoms with E-state index in [9.17, 15) is 14.3 Å². The molecule has 0 rings (SSSR count). The van der Waals surface area contributed by atoms with Gasteiger partial charge in [0, 0.05) is 13.0 Å². The molecule has 0 heterocycles. The third-order valence-electron chi connectivity index (χ3n) is 12.1. The fourth-order valence-corrected chi connectivity index (χ4v) is 8.52. The van der Waals surface area contributed by atoms with Crippen molar-refractivity contribution in [2.45, 2.75) is 251 Å². The highest BCUT2D eigenvalue weighted by Crippen LogP contribution is 2.43. The van der Waals surface area contributed by atoms with Gasteiger partial charge in [-0.25, -0.2) is 4.57 Å². The number of ether oxygens (including phenoxy) is 2. The molecule has 0 aromatic rings. The van der Waals surface area contributed by atoms with Crippen LogP contribution in [0.4, 0.5) is 0 Å². The van der Waals surface area contributed by atoms with Gasteiger partial charge in [0.2, 0.25) is 0 Å². The lowest BCUT2D eigenvalue weighted by Crippen LogP contribution is -2.37. The Balaban J connectivity index is 4.10. The highest BCUT2D eigenvalue weighted by atomic mass is 31.2. The van der Waals surface area contributed by atoms with Crippen molar-refractivity contribution in [2.24, 2.45) is 0 Å². The summed E-state index contributed by atoms with van der Waals surface area (Å²) in [6.07, 6.45) is 65.6. The number of hydrogen-bond donors (Lipinski definition) is 1. The van der Waals surface area contributed by atoms with Crippen LogP contribution in [0.5, 0.6) is 0 Å². The Bertz CT molecular complexity index is 1260. The fourth-order valence-electron chi connectivity index (χ4n) is 7.78. The van der Waals surface area contributed by atoms with Crippen LogP contribution in [0.2, 0.25) is 0 Å². The second-order valence-electron chi connectivity index (χ2n) is 19.9. The van der Waals surface area contributed by atoms with Crippen LogP contribution < -0.4 is 0 Å². The summed E-state index contributed by atoms with van der Waals surface area (Å²) >= 11 is 0. The van der Waals surface area contributed by atoms with Crippen molar-refractivity contribution in [1.82, 2.24) is 0 Å². The molecule has 67 heavy (non-hydrogen) atoms. The molecule has 0 radical (unpaired) electrons. The van der Waals surface area contributed by atoms with Gasteiger partial charge in [-0.1, -0.05) is 222 Å². The number of phosphoric ester groups is 1. The van der Waals surface area contributed by atoms with Gasteiger partial charge in [-0.05, 0) is 77.0 Å². The van der Waals surface area contributed by atoms with Gasteiger partial charge < -0.3 is 18.9 Å². The van der Waals surface area contributed by atoms with Crippen molar-refractivity contribution in [3.8, 4) is 0 Å². The molecule has 2 atom stereocenters. The van der Waals surface area contributed by atoms with Gasteiger partial charge >= 0.3 is 13.8 Å². The van der Waals surface area contributed by atoms with E-state index >= 15 is 0 Å². The van der Waals surface area contributed by atoms with E-state index < -0.39 is 13.9 Å². The summed E-state index contributed by atoms with van der Waals surface area (Å²) in [6, 6.07) is 0. The van der Waals surface area contributed by atoms with Crippen LogP contribution in [0.15, 0.2) is 60.8 Å². The van der Waals surface area contributed by atoms with Crippen molar-refractivity contribution < 1.29 is 37.3 Å².